The topological polar surface area (TPSA) is 91.8 Å². The monoisotopic (exact) mass is 418 g/mol. The van der Waals surface area contributed by atoms with E-state index in [1.54, 1.807) is 14.2 Å². The van der Waals surface area contributed by atoms with Crippen molar-refractivity contribution in [1.82, 2.24) is 9.97 Å². The SMILES string of the molecule is COc1ccc(Sc2nc(Sc3ccc(OC)s3)c(C#N)nc2C#N)s1. The van der Waals surface area contributed by atoms with Gasteiger partial charge >= 0.3 is 0 Å². The molecule has 10 heteroatoms. The number of hydrogen-bond acceptors (Lipinski definition) is 10. The largest absolute Gasteiger partial charge is 0.487 e. The molecule has 0 unspecified atom stereocenters. The van der Waals surface area contributed by atoms with Gasteiger partial charge in [0.1, 0.15) is 22.2 Å². The smallest absolute Gasteiger partial charge is 0.174 e. The molecule has 0 N–H and O–H groups in total. The van der Waals surface area contributed by atoms with Crippen LogP contribution in [0.4, 0.5) is 0 Å². The molecule has 26 heavy (non-hydrogen) atoms. The molecule has 0 saturated carbocycles. The van der Waals surface area contributed by atoms with Crippen LogP contribution in [0.3, 0.4) is 0 Å². The van der Waals surface area contributed by atoms with E-state index in [0.29, 0.717) is 10.1 Å². The molecule has 0 aromatic carbocycles. The summed E-state index contributed by atoms with van der Waals surface area (Å²) in [7, 11) is 3.21. The Balaban J connectivity index is 1.95. The van der Waals surface area contributed by atoms with E-state index in [9.17, 15) is 10.5 Å². The average Bonchev–Trinajstić information content (AvgIpc) is 3.31. The first-order valence-electron chi connectivity index (χ1n) is 7.02. The standard InChI is InChI=1S/C16H10N4O2S4/c1-21-11-3-5-13(23-11)25-15-9(7-17)19-10(8-18)16(20-15)26-14-6-4-12(22-2)24-14/h3-6H,1-2H3. The number of nitriles is 2. The summed E-state index contributed by atoms with van der Waals surface area (Å²) in [6.45, 7) is 0. The maximum Gasteiger partial charge on any atom is 0.174 e. The molecule has 0 fully saturated rings. The molecule has 3 aromatic rings. The van der Waals surface area contributed by atoms with Crippen molar-refractivity contribution in [2.24, 2.45) is 0 Å². The molecule has 0 bridgehead atoms. The number of rotatable bonds is 6. The first kappa shape index (κ1) is 18.5. The Labute approximate surface area is 166 Å². The van der Waals surface area contributed by atoms with Gasteiger partial charge in [0.05, 0.1) is 22.6 Å². The van der Waals surface area contributed by atoms with Crippen molar-refractivity contribution in [2.45, 2.75) is 18.5 Å². The van der Waals surface area contributed by atoms with Crippen LogP contribution in [0.5, 0.6) is 10.1 Å². The molecule has 6 nitrogen and oxygen atoms in total. The van der Waals surface area contributed by atoms with Crippen LogP contribution in [0.2, 0.25) is 0 Å². The molecule has 3 heterocycles. The molecule has 0 spiro atoms. The number of hydrogen-bond donors (Lipinski definition) is 0. The number of ether oxygens (including phenoxy) is 2. The van der Waals surface area contributed by atoms with Gasteiger partial charge in [-0.25, -0.2) is 9.97 Å². The van der Waals surface area contributed by atoms with Gasteiger partial charge in [-0.2, -0.15) is 10.5 Å². The molecular weight excluding hydrogens is 408 g/mol. The quantitative estimate of drug-likeness (QED) is 0.570. The maximum atomic E-state index is 9.37. The third kappa shape index (κ3) is 4.11. The van der Waals surface area contributed by atoms with Gasteiger partial charge < -0.3 is 9.47 Å². The zero-order valence-electron chi connectivity index (χ0n) is 13.5. The summed E-state index contributed by atoms with van der Waals surface area (Å²) >= 11 is 5.55. The third-order valence-electron chi connectivity index (χ3n) is 2.95. The van der Waals surface area contributed by atoms with E-state index in [0.717, 1.165) is 18.5 Å². The average molecular weight is 419 g/mol. The second-order valence-corrected chi connectivity index (χ2v) is 9.18. The summed E-state index contributed by atoms with van der Waals surface area (Å²) < 4.78 is 12.2. The molecule has 130 valence electrons. The van der Waals surface area contributed by atoms with Gasteiger partial charge in [-0.05, 0) is 24.3 Å². The van der Waals surface area contributed by atoms with E-state index in [2.05, 4.69) is 9.97 Å². The van der Waals surface area contributed by atoms with Crippen molar-refractivity contribution < 1.29 is 9.47 Å². The van der Waals surface area contributed by atoms with Crippen LogP contribution in [0.15, 0.2) is 42.7 Å². The van der Waals surface area contributed by atoms with Crippen LogP contribution in [0.1, 0.15) is 11.4 Å². The van der Waals surface area contributed by atoms with Crippen LogP contribution in [0.25, 0.3) is 0 Å². The van der Waals surface area contributed by atoms with Crippen molar-refractivity contribution in [1.29, 1.82) is 10.5 Å². The lowest BCUT2D eigenvalue weighted by molar-refractivity contribution is 0.427. The van der Waals surface area contributed by atoms with E-state index in [1.165, 1.54) is 46.2 Å². The Morgan fingerprint density at radius 3 is 1.62 bits per heavy atom. The summed E-state index contributed by atoms with van der Waals surface area (Å²) in [5.41, 5.74) is 0.263. The van der Waals surface area contributed by atoms with Gasteiger partial charge in [-0.1, -0.05) is 46.2 Å². The van der Waals surface area contributed by atoms with E-state index in [1.807, 2.05) is 36.4 Å². The highest BCUT2D eigenvalue weighted by Crippen LogP contribution is 2.40. The van der Waals surface area contributed by atoms with Crippen molar-refractivity contribution in [3.05, 3.63) is 35.7 Å². The summed E-state index contributed by atoms with van der Waals surface area (Å²) in [5, 5.41) is 21.2. The minimum atomic E-state index is 0.132. The van der Waals surface area contributed by atoms with Gasteiger partial charge in [0.15, 0.2) is 21.5 Å². The first-order chi connectivity index (χ1) is 12.7. The van der Waals surface area contributed by atoms with Gasteiger partial charge in [0.2, 0.25) is 0 Å². The second-order valence-electron chi connectivity index (χ2n) is 4.51. The van der Waals surface area contributed by atoms with Crippen molar-refractivity contribution >= 4 is 46.2 Å². The van der Waals surface area contributed by atoms with Crippen molar-refractivity contribution in [3.8, 4) is 22.3 Å². The maximum absolute atomic E-state index is 9.37. The first-order valence-corrected chi connectivity index (χ1v) is 10.3. The van der Waals surface area contributed by atoms with Gasteiger partial charge in [-0.15, -0.1) is 0 Å². The van der Waals surface area contributed by atoms with Crippen LogP contribution >= 0.6 is 46.2 Å². The molecular formula is C16H10N4O2S4. The fourth-order valence-electron chi connectivity index (χ4n) is 1.82. The minimum absolute atomic E-state index is 0.132. The van der Waals surface area contributed by atoms with Crippen LogP contribution in [-0.2, 0) is 0 Å². The van der Waals surface area contributed by atoms with Crippen molar-refractivity contribution in [2.75, 3.05) is 14.2 Å². The number of nitrogens with zero attached hydrogens (tertiary/aromatic N) is 4. The number of aromatic nitrogens is 2. The summed E-state index contributed by atoms with van der Waals surface area (Å²) in [6.07, 6.45) is 0. The Bertz CT molecular complexity index is 939. The molecule has 0 atom stereocenters. The Hall–Kier alpha value is -2.24. The fraction of sp³-hybridized carbons (Fsp3) is 0.125. The Morgan fingerprint density at radius 2 is 1.27 bits per heavy atom. The summed E-state index contributed by atoms with van der Waals surface area (Å²) in [6, 6.07) is 11.5. The Morgan fingerprint density at radius 1 is 0.808 bits per heavy atom. The van der Waals surface area contributed by atoms with Crippen molar-refractivity contribution in [3.63, 3.8) is 0 Å². The van der Waals surface area contributed by atoms with Gasteiger partial charge in [0.25, 0.3) is 0 Å². The van der Waals surface area contributed by atoms with Crippen LogP contribution < -0.4 is 9.47 Å². The van der Waals surface area contributed by atoms with E-state index < -0.39 is 0 Å². The normalized spacial score (nSPS) is 10.2. The molecule has 0 amide bonds. The molecule has 0 aliphatic heterocycles. The van der Waals surface area contributed by atoms with Gasteiger partial charge in [-0.3, -0.25) is 0 Å². The molecule has 3 rings (SSSR count). The van der Waals surface area contributed by atoms with E-state index >= 15 is 0 Å². The molecule has 0 aliphatic carbocycles. The summed E-state index contributed by atoms with van der Waals surface area (Å²) in [5.74, 6) is 0. The third-order valence-corrected chi connectivity index (χ3v) is 7.27. The zero-order valence-corrected chi connectivity index (χ0v) is 16.8. The lowest BCUT2D eigenvalue weighted by Gasteiger charge is -2.05. The van der Waals surface area contributed by atoms with E-state index in [-0.39, 0.29) is 11.4 Å². The molecule has 0 aliphatic rings. The summed E-state index contributed by atoms with van der Waals surface area (Å²) in [4.78, 5) is 8.70. The molecule has 0 saturated heterocycles. The van der Waals surface area contributed by atoms with E-state index in [4.69, 9.17) is 9.47 Å². The van der Waals surface area contributed by atoms with Gasteiger partial charge in [0, 0.05) is 0 Å². The predicted octanol–water partition coefficient (Wildman–Crippen LogP) is 4.66. The fourth-order valence-corrected chi connectivity index (χ4v) is 5.59. The lowest BCUT2D eigenvalue weighted by atomic mass is 10.4. The predicted molar refractivity (Wildman–Crippen MR) is 101 cm³/mol. The zero-order chi connectivity index (χ0) is 18.5. The van der Waals surface area contributed by atoms with Crippen LogP contribution in [-0.4, -0.2) is 24.2 Å². The Kier molecular flexibility index (Phi) is 6.01. The van der Waals surface area contributed by atoms with Crippen LogP contribution in [0, 0.1) is 22.7 Å². The minimum Gasteiger partial charge on any atom is -0.487 e. The number of methoxy groups -OCH3 is 2. The number of thiophene rings is 2. The highest BCUT2D eigenvalue weighted by Gasteiger charge is 2.17. The molecule has 0 radical (unpaired) electrons. The lowest BCUT2D eigenvalue weighted by Crippen LogP contribution is -1.98. The second kappa shape index (κ2) is 8.43. The highest BCUT2D eigenvalue weighted by molar-refractivity contribution is 8.01. The highest BCUT2D eigenvalue weighted by atomic mass is 32.2. The molecule has 3 aromatic heterocycles.